The first-order chi connectivity index (χ1) is 5.25. The van der Waals surface area contributed by atoms with Gasteiger partial charge in [-0.05, 0) is 28.7 Å². The van der Waals surface area contributed by atoms with Crippen molar-refractivity contribution >= 4 is 28.5 Å². The Morgan fingerprint density at radius 1 is 1.64 bits per heavy atom. The Kier molecular flexibility index (Phi) is 1.75. The van der Waals surface area contributed by atoms with Crippen LogP contribution < -0.4 is 0 Å². The fourth-order valence-electron chi connectivity index (χ4n) is 1.27. The molecule has 0 N–H and O–H groups in total. The van der Waals surface area contributed by atoms with Crippen LogP contribution >= 0.6 is 22.6 Å². The van der Waals surface area contributed by atoms with Crippen molar-refractivity contribution in [2.24, 2.45) is 4.99 Å². The fourth-order valence-corrected chi connectivity index (χ4v) is 1.83. The van der Waals surface area contributed by atoms with Crippen molar-refractivity contribution in [2.75, 3.05) is 0 Å². The third-order valence-corrected chi connectivity index (χ3v) is 2.47. The van der Waals surface area contributed by atoms with Gasteiger partial charge >= 0.3 is 0 Å². The van der Waals surface area contributed by atoms with Gasteiger partial charge in [0, 0.05) is 10.5 Å². The molecule has 0 aromatic rings. The number of ether oxygens (including phenoxy) is 1. The molecule has 2 aliphatic rings. The largest absolute Gasteiger partial charge is 0.471 e. The SMILES string of the molecule is CC1=NC2C=CC(I)=CC2O1. The third-order valence-electron chi connectivity index (χ3n) is 1.75. The highest BCUT2D eigenvalue weighted by molar-refractivity contribution is 14.1. The van der Waals surface area contributed by atoms with Crippen LogP contribution in [0.3, 0.4) is 0 Å². The van der Waals surface area contributed by atoms with E-state index in [9.17, 15) is 0 Å². The molecule has 58 valence electrons. The zero-order chi connectivity index (χ0) is 7.84. The molecule has 0 saturated carbocycles. The van der Waals surface area contributed by atoms with Gasteiger partial charge in [-0.1, -0.05) is 12.2 Å². The number of hydrogen-bond acceptors (Lipinski definition) is 2. The van der Waals surface area contributed by atoms with E-state index in [1.165, 1.54) is 3.58 Å². The Balaban J connectivity index is 2.25. The van der Waals surface area contributed by atoms with E-state index in [4.69, 9.17) is 4.74 Å². The van der Waals surface area contributed by atoms with E-state index < -0.39 is 0 Å². The highest BCUT2D eigenvalue weighted by atomic mass is 127. The van der Waals surface area contributed by atoms with E-state index in [-0.39, 0.29) is 12.1 Å². The molecule has 2 atom stereocenters. The molecule has 11 heavy (non-hydrogen) atoms. The van der Waals surface area contributed by atoms with E-state index in [0.29, 0.717) is 0 Å². The van der Waals surface area contributed by atoms with Gasteiger partial charge in [-0.15, -0.1) is 0 Å². The first-order valence-corrected chi connectivity index (χ1v) is 4.60. The lowest BCUT2D eigenvalue weighted by molar-refractivity contribution is 0.252. The summed E-state index contributed by atoms with van der Waals surface area (Å²) in [5.41, 5.74) is 0. The van der Waals surface area contributed by atoms with Crippen molar-refractivity contribution in [1.82, 2.24) is 0 Å². The second-order valence-corrected chi connectivity index (χ2v) is 3.88. The Morgan fingerprint density at radius 3 is 3.27 bits per heavy atom. The number of fused-ring (bicyclic) bond motifs is 1. The third kappa shape index (κ3) is 1.34. The molecule has 0 radical (unpaired) electrons. The van der Waals surface area contributed by atoms with Crippen LogP contribution in [0.1, 0.15) is 6.92 Å². The van der Waals surface area contributed by atoms with Crippen LogP contribution in [0.2, 0.25) is 0 Å². The molecule has 3 heteroatoms. The van der Waals surface area contributed by atoms with Crippen LogP contribution in [0.4, 0.5) is 0 Å². The predicted molar refractivity (Wildman–Crippen MR) is 53.0 cm³/mol. The first kappa shape index (κ1) is 7.34. The summed E-state index contributed by atoms with van der Waals surface area (Å²) in [6.45, 7) is 1.90. The summed E-state index contributed by atoms with van der Waals surface area (Å²) in [5, 5.41) is 0. The van der Waals surface area contributed by atoms with Gasteiger partial charge in [0.15, 0.2) is 5.90 Å². The number of halogens is 1. The lowest BCUT2D eigenvalue weighted by Crippen LogP contribution is -2.19. The maximum Gasteiger partial charge on any atom is 0.181 e. The number of aliphatic imine (C=N–C) groups is 1. The molecule has 1 aliphatic carbocycles. The minimum absolute atomic E-state index is 0.159. The summed E-state index contributed by atoms with van der Waals surface area (Å²) in [6, 6.07) is 0.230. The van der Waals surface area contributed by atoms with Crippen molar-refractivity contribution in [3.8, 4) is 0 Å². The van der Waals surface area contributed by atoms with Gasteiger partial charge in [-0.2, -0.15) is 0 Å². The standard InChI is InChI=1S/C8H8INO/c1-5-10-7-3-2-6(9)4-8(7)11-5/h2-4,7-8H,1H3. The lowest BCUT2D eigenvalue weighted by Gasteiger charge is -2.13. The Morgan fingerprint density at radius 2 is 2.45 bits per heavy atom. The molecule has 0 bridgehead atoms. The van der Waals surface area contributed by atoms with Crippen molar-refractivity contribution in [2.45, 2.75) is 19.1 Å². The number of hydrogen-bond donors (Lipinski definition) is 0. The first-order valence-electron chi connectivity index (χ1n) is 3.52. The molecule has 0 fully saturated rings. The van der Waals surface area contributed by atoms with Crippen LogP contribution in [-0.2, 0) is 4.74 Å². The molecule has 0 aromatic carbocycles. The zero-order valence-electron chi connectivity index (χ0n) is 6.12. The van der Waals surface area contributed by atoms with Crippen molar-refractivity contribution in [3.05, 3.63) is 21.8 Å². The van der Waals surface area contributed by atoms with Crippen LogP contribution in [-0.4, -0.2) is 18.0 Å². The molecule has 2 nitrogen and oxygen atoms in total. The van der Waals surface area contributed by atoms with Gasteiger partial charge < -0.3 is 4.74 Å². The molecule has 0 spiro atoms. The van der Waals surface area contributed by atoms with Gasteiger partial charge in [-0.25, -0.2) is 4.99 Å². The topological polar surface area (TPSA) is 21.6 Å². The van der Waals surface area contributed by atoms with Gasteiger partial charge in [0.1, 0.15) is 12.1 Å². The van der Waals surface area contributed by atoms with Crippen LogP contribution in [0.25, 0.3) is 0 Å². The number of rotatable bonds is 0. The highest BCUT2D eigenvalue weighted by Crippen LogP contribution is 2.24. The van der Waals surface area contributed by atoms with Crippen LogP contribution in [0, 0.1) is 0 Å². The molecule has 2 unspecified atom stereocenters. The summed E-state index contributed by atoms with van der Waals surface area (Å²) in [6.07, 6.45) is 6.42. The summed E-state index contributed by atoms with van der Waals surface area (Å²) in [4.78, 5) is 4.30. The fraction of sp³-hybridized carbons (Fsp3) is 0.375. The predicted octanol–water partition coefficient (Wildman–Crippen LogP) is 2.06. The summed E-state index contributed by atoms with van der Waals surface area (Å²) < 4.78 is 6.68. The normalized spacial score (nSPS) is 34.0. The Labute approximate surface area is 79.2 Å². The van der Waals surface area contributed by atoms with Gasteiger partial charge in [0.2, 0.25) is 0 Å². The van der Waals surface area contributed by atoms with E-state index >= 15 is 0 Å². The van der Waals surface area contributed by atoms with Gasteiger partial charge in [0.05, 0.1) is 0 Å². The Hall–Kier alpha value is -0.320. The van der Waals surface area contributed by atoms with E-state index in [0.717, 1.165) is 5.90 Å². The van der Waals surface area contributed by atoms with Crippen molar-refractivity contribution in [3.63, 3.8) is 0 Å². The lowest BCUT2D eigenvalue weighted by atomic mass is 10.1. The zero-order valence-corrected chi connectivity index (χ0v) is 8.28. The summed E-state index contributed by atoms with van der Waals surface area (Å²) >= 11 is 2.28. The average Bonchev–Trinajstić information content (AvgIpc) is 2.27. The van der Waals surface area contributed by atoms with E-state index in [1.54, 1.807) is 0 Å². The molecule has 1 aliphatic heterocycles. The Bertz CT molecular complexity index is 267. The van der Waals surface area contributed by atoms with Crippen LogP contribution in [0.5, 0.6) is 0 Å². The summed E-state index contributed by atoms with van der Waals surface area (Å²) in [5.74, 6) is 0.798. The maximum absolute atomic E-state index is 5.45. The average molecular weight is 261 g/mol. The second kappa shape index (κ2) is 2.62. The van der Waals surface area contributed by atoms with E-state index in [1.807, 2.05) is 6.92 Å². The van der Waals surface area contributed by atoms with Crippen molar-refractivity contribution < 1.29 is 4.74 Å². The number of allylic oxidation sites excluding steroid dienone is 2. The van der Waals surface area contributed by atoms with Gasteiger partial charge in [-0.3, -0.25) is 0 Å². The van der Waals surface area contributed by atoms with E-state index in [2.05, 4.69) is 45.8 Å². The van der Waals surface area contributed by atoms with Crippen molar-refractivity contribution in [1.29, 1.82) is 0 Å². The quantitative estimate of drug-likeness (QED) is 0.611. The summed E-state index contributed by atoms with van der Waals surface area (Å²) in [7, 11) is 0. The molecule has 2 rings (SSSR count). The molecular weight excluding hydrogens is 253 g/mol. The van der Waals surface area contributed by atoms with Crippen LogP contribution in [0.15, 0.2) is 26.8 Å². The second-order valence-electron chi connectivity index (χ2n) is 2.63. The maximum atomic E-state index is 5.45. The minimum atomic E-state index is 0.159. The smallest absolute Gasteiger partial charge is 0.181 e. The molecule has 0 aromatic heterocycles. The molecule has 0 saturated heterocycles. The monoisotopic (exact) mass is 261 g/mol. The minimum Gasteiger partial charge on any atom is -0.471 e. The highest BCUT2D eigenvalue weighted by Gasteiger charge is 2.27. The molecule has 1 heterocycles. The number of nitrogens with zero attached hydrogens (tertiary/aromatic N) is 1. The van der Waals surface area contributed by atoms with Gasteiger partial charge in [0.25, 0.3) is 0 Å². The molecule has 0 amide bonds. The molecular formula is C8H8INO.